The number of carboxylic acids is 1. The number of carbonyl (C=O) groups is 1. The summed E-state index contributed by atoms with van der Waals surface area (Å²) >= 11 is 0. The molecule has 0 saturated carbocycles. The summed E-state index contributed by atoms with van der Waals surface area (Å²) < 4.78 is 0. The maximum atomic E-state index is 10.6. The predicted octanol–water partition coefficient (Wildman–Crippen LogP) is 2.74. The summed E-state index contributed by atoms with van der Waals surface area (Å²) in [5.41, 5.74) is 6.67. The van der Waals surface area contributed by atoms with Crippen LogP contribution in [0.4, 0.5) is 0 Å². The van der Waals surface area contributed by atoms with Crippen LogP contribution in [0.5, 0.6) is 0 Å². The van der Waals surface area contributed by atoms with E-state index in [9.17, 15) is 4.79 Å². The number of halogens is 1. The van der Waals surface area contributed by atoms with E-state index in [4.69, 9.17) is 10.8 Å². The molecule has 2 aromatic rings. The fraction of sp³-hybridized carbons (Fsp3) is 0.154. The average molecular weight is 252 g/mol. The molecule has 0 aliphatic rings. The Morgan fingerprint density at radius 2 is 1.82 bits per heavy atom. The molecule has 4 heteroatoms. The lowest BCUT2D eigenvalue weighted by molar-refractivity contribution is -0.137. The maximum absolute atomic E-state index is 10.6. The molecule has 0 radical (unpaired) electrons. The second-order valence-electron chi connectivity index (χ2n) is 3.81. The molecule has 0 bridgehead atoms. The lowest BCUT2D eigenvalue weighted by Gasteiger charge is -2.10. The van der Waals surface area contributed by atoms with E-state index in [0.717, 1.165) is 16.3 Å². The molecule has 0 unspecified atom stereocenters. The minimum absolute atomic E-state index is 0. The van der Waals surface area contributed by atoms with Crippen molar-refractivity contribution in [1.29, 1.82) is 0 Å². The molecule has 3 N–H and O–H groups in total. The van der Waals surface area contributed by atoms with Gasteiger partial charge in [-0.25, -0.2) is 0 Å². The summed E-state index contributed by atoms with van der Waals surface area (Å²) in [7, 11) is 0. The summed E-state index contributed by atoms with van der Waals surface area (Å²) in [5, 5.41) is 10.9. The second kappa shape index (κ2) is 5.66. The Kier molecular flexibility index (Phi) is 4.49. The Hall–Kier alpha value is -1.58. The predicted molar refractivity (Wildman–Crippen MR) is 70.4 cm³/mol. The fourth-order valence-corrected chi connectivity index (χ4v) is 1.74. The van der Waals surface area contributed by atoms with Crippen LogP contribution in [0.25, 0.3) is 10.8 Å². The minimum Gasteiger partial charge on any atom is -0.481 e. The van der Waals surface area contributed by atoms with Gasteiger partial charge >= 0.3 is 5.97 Å². The Balaban J connectivity index is 0.00000144. The molecule has 0 fully saturated rings. The number of hydrogen-bond acceptors (Lipinski definition) is 2. The van der Waals surface area contributed by atoms with E-state index >= 15 is 0 Å². The molecule has 0 saturated heterocycles. The average Bonchev–Trinajstić information content (AvgIpc) is 2.27. The fourth-order valence-electron chi connectivity index (χ4n) is 1.74. The third-order valence-corrected chi connectivity index (χ3v) is 2.60. The van der Waals surface area contributed by atoms with Crippen molar-refractivity contribution in [2.24, 2.45) is 5.73 Å². The third-order valence-electron chi connectivity index (χ3n) is 2.60. The summed E-state index contributed by atoms with van der Waals surface area (Å²) in [6.07, 6.45) is -0.0433. The van der Waals surface area contributed by atoms with E-state index in [1.54, 1.807) is 0 Å². The van der Waals surface area contributed by atoms with E-state index in [0.29, 0.717) is 0 Å². The van der Waals surface area contributed by atoms with Gasteiger partial charge in [0.15, 0.2) is 0 Å². The van der Waals surface area contributed by atoms with Crippen LogP contribution in [0, 0.1) is 0 Å². The van der Waals surface area contributed by atoms with Crippen molar-refractivity contribution in [2.45, 2.75) is 12.5 Å². The lowest BCUT2D eigenvalue weighted by Crippen LogP contribution is -2.14. The molecule has 0 amide bonds. The van der Waals surface area contributed by atoms with E-state index in [1.165, 1.54) is 0 Å². The van der Waals surface area contributed by atoms with Crippen molar-refractivity contribution in [2.75, 3.05) is 0 Å². The van der Waals surface area contributed by atoms with Crippen LogP contribution in [0.3, 0.4) is 0 Å². The number of nitrogens with two attached hydrogens (primary N) is 1. The van der Waals surface area contributed by atoms with Crippen LogP contribution < -0.4 is 5.73 Å². The van der Waals surface area contributed by atoms with Crippen molar-refractivity contribution in [3.05, 3.63) is 48.0 Å². The van der Waals surface area contributed by atoms with Crippen LogP contribution in [-0.4, -0.2) is 11.1 Å². The number of hydrogen-bond donors (Lipinski definition) is 2. The Morgan fingerprint density at radius 3 is 2.47 bits per heavy atom. The normalized spacial score (nSPS) is 11.8. The molecule has 0 spiro atoms. The summed E-state index contributed by atoms with van der Waals surface area (Å²) in [5.74, 6) is -0.874. The van der Waals surface area contributed by atoms with E-state index < -0.39 is 12.0 Å². The van der Waals surface area contributed by atoms with Crippen molar-refractivity contribution in [3.63, 3.8) is 0 Å². The van der Waals surface area contributed by atoms with Gasteiger partial charge in [0.2, 0.25) is 0 Å². The van der Waals surface area contributed by atoms with Gasteiger partial charge in [-0.05, 0) is 22.4 Å². The van der Waals surface area contributed by atoms with Crippen molar-refractivity contribution in [3.8, 4) is 0 Å². The van der Waals surface area contributed by atoms with Crippen LogP contribution in [0.15, 0.2) is 42.5 Å². The molecular formula is C13H14ClNO2. The summed E-state index contributed by atoms with van der Waals surface area (Å²) in [6, 6.07) is 13.3. The molecule has 3 nitrogen and oxygen atoms in total. The lowest BCUT2D eigenvalue weighted by atomic mass is 10.0. The van der Waals surface area contributed by atoms with Gasteiger partial charge in [-0.15, -0.1) is 12.4 Å². The van der Waals surface area contributed by atoms with Gasteiger partial charge in [-0.1, -0.05) is 36.4 Å². The number of fused-ring (bicyclic) bond motifs is 1. The van der Waals surface area contributed by atoms with Crippen LogP contribution >= 0.6 is 12.4 Å². The third kappa shape index (κ3) is 3.19. The van der Waals surface area contributed by atoms with Crippen molar-refractivity contribution < 1.29 is 9.90 Å². The van der Waals surface area contributed by atoms with Gasteiger partial charge < -0.3 is 10.8 Å². The van der Waals surface area contributed by atoms with Crippen molar-refractivity contribution >= 4 is 29.1 Å². The number of aliphatic carboxylic acids is 1. The summed E-state index contributed by atoms with van der Waals surface area (Å²) in [4.78, 5) is 10.6. The Bertz CT molecular complexity index is 528. The van der Waals surface area contributed by atoms with Gasteiger partial charge in [0.05, 0.1) is 6.42 Å². The van der Waals surface area contributed by atoms with E-state index in [2.05, 4.69) is 0 Å². The molecule has 1 atom stereocenters. The zero-order valence-corrected chi connectivity index (χ0v) is 9.98. The van der Waals surface area contributed by atoms with Gasteiger partial charge in [-0.2, -0.15) is 0 Å². The Labute approximate surface area is 106 Å². The van der Waals surface area contributed by atoms with Gasteiger partial charge in [-0.3, -0.25) is 4.79 Å². The molecule has 2 aromatic carbocycles. The largest absolute Gasteiger partial charge is 0.481 e. The first-order chi connectivity index (χ1) is 7.66. The highest BCUT2D eigenvalue weighted by atomic mass is 35.5. The smallest absolute Gasteiger partial charge is 0.305 e. The number of carboxylic acid groups (broad SMARTS) is 1. The quantitative estimate of drug-likeness (QED) is 0.882. The highest BCUT2D eigenvalue weighted by Crippen LogP contribution is 2.20. The van der Waals surface area contributed by atoms with Gasteiger partial charge in [0.25, 0.3) is 0 Å². The van der Waals surface area contributed by atoms with Crippen LogP contribution in [-0.2, 0) is 4.79 Å². The minimum atomic E-state index is -0.874. The summed E-state index contributed by atoms with van der Waals surface area (Å²) in [6.45, 7) is 0. The highest BCUT2D eigenvalue weighted by Gasteiger charge is 2.10. The molecule has 2 rings (SSSR count). The first-order valence-electron chi connectivity index (χ1n) is 5.13. The zero-order chi connectivity index (χ0) is 11.5. The maximum Gasteiger partial charge on any atom is 0.305 e. The zero-order valence-electron chi connectivity index (χ0n) is 9.17. The monoisotopic (exact) mass is 251 g/mol. The molecule has 0 heterocycles. The van der Waals surface area contributed by atoms with Crippen LogP contribution in [0.2, 0.25) is 0 Å². The standard InChI is InChI=1S/C13H13NO2.ClH/c14-12(8-13(15)16)11-6-5-9-3-1-2-4-10(9)7-11;/h1-7,12H,8,14H2,(H,15,16);1H/t12-;/m1./s1. The van der Waals surface area contributed by atoms with Crippen LogP contribution in [0.1, 0.15) is 18.0 Å². The second-order valence-corrected chi connectivity index (χ2v) is 3.81. The van der Waals surface area contributed by atoms with Gasteiger partial charge in [0.1, 0.15) is 0 Å². The first kappa shape index (κ1) is 13.5. The number of benzene rings is 2. The first-order valence-corrected chi connectivity index (χ1v) is 5.13. The molecular weight excluding hydrogens is 238 g/mol. The number of rotatable bonds is 3. The van der Waals surface area contributed by atoms with Gasteiger partial charge in [0, 0.05) is 6.04 Å². The molecule has 90 valence electrons. The topological polar surface area (TPSA) is 63.3 Å². The molecule has 0 aliphatic carbocycles. The van der Waals surface area contributed by atoms with E-state index in [1.807, 2.05) is 42.5 Å². The SMILES string of the molecule is Cl.N[C@H](CC(=O)O)c1ccc2ccccc2c1. The Morgan fingerprint density at radius 1 is 1.18 bits per heavy atom. The molecule has 17 heavy (non-hydrogen) atoms. The highest BCUT2D eigenvalue weighted by molar-refractivity contribution is 5.85. The van der Waals surface area contributed by atoms with Crippen molar-refractivity contribution in [1.82, 2.24) is 0 Å². The molecule has 0 aliphatic heterocycles. The van der Waals surface area contributed by atoms with E-state index in [-0.39, 0.29) is 18.8 Å². The molecule has 0 aromatic heterocycles.